The summed E-state index contributed by atoms with van der Waals surface area (Å²) in [7, 11) is 1.18. The molecule has 10 heteroatoms. The van der Waals surface area contributed by atoms with Crippen molar-refractivity contribution in [1.29, 1.82) is 0 Å². The van der Waals surface area contributed by atoms with Crippen molar-refractivity contribution < 1.29 is 42.1 Å². The first-order valence-corrected chi connectivity index (χ1v) is 41.6. The molecule has 2 unspecified atom stereocenters. The minimum Gasteiger partial charge on any atom is -0.756 e. The summed E-state index contributed by atoms with van der Waals surface area (Å²) in [5.74, 6) is -0.814. The third-order valence-corrected chi connectivity index (χ3v) is 19.0. The first-order valence-electron chi connectivity index (χ1n) is 40.1. The summed E-state index contributed by atoms with van der Waals surface area (Å²) in [5, 5.41) is 0. The highest BCUT2D eigenvalue weighted by Gasteiger charge is 2.22. The molecular formula is C83H154NO8P. The van der Waals surface area contributed by atoms with Crippen LogP contribution in [0.3, 0.4) is 0 Å². The summed E-state index contributed by atoms with van der Waals surface area (Å²) >= 11 is 0. The van der Waals surface area contributed by atoms with E-state index in [1.165, 1.54) is 283 Å². The molecule has 93 heavy (non-hydrogen) atoms. The van der Waals surface area contributed by atoms with Gasteiger partial charge in [0.25, 0.3) is 7.82 Å². The number of phosphoric acid groups is 1. The number of ether oxygens (including phenoxy) is 2. The number of unbranched alkanes of at least 4 members (excludes halogenated alkanes) is 49. The van der Waals surface area contributed by atoms with E-state index in [2.05, 4.69) is 86.8 Å². The number of quaternary nitrogens is 1. The Morgan fingerprint density at radius 1 is 0.344 bits per heavy atom. The fourth-order valence-electron chi connectivity index (χ4n) is 11.9. The Balaban J connectivity index is 3.93. The van der Waals surface area contributed by atoms with Gasteiger partial charge >= 0.3 is 11.9 Å². The van der Waals surface area contributed by atoms with Crippen molar-refractivity contribution in [3.63, 3.8) is 0 Å². The number of nitrogens with zero attached hydrogens (tertiary/aromatic N) is 1. The highest BCUT2D eigenvalue weighted by atomic mass is 31.2. The first-order chi connectivity index (χ1) is 45.5. The lowest BCUT2D eigenvalue weighted by Crippen LogP contribution is -2.37. The standard InChI is InChI=1S/C83H154NO8P/c1-6-8-10-12-14-16-18-20-22-24-26-28-30-32-34-36-38-40-42-44-46-48-50-52-54-56-58-60-62-64-66-68-70-72-74-76-83(86)92-81(80-91-93(87,88)90-78-77-84(3,4)5)79-89-82(85)75-73-71-69-67-65-63-61-59-57-55-53-51-49-47-45-43-41-39-37-35-33-31-29-27-25-23-21-19-17-15-13-11-9-7-2/h8,10,14,16,20,22,26,28,32,34,38,40,81H,6-7,9,11-13,15,17-19,21,23-25,27,29-31,33,35-37,39,41-80H2,1-5H3/b10-8-,16-14-,22-20-,28-26-,34-32-,40-38-. The molecule has 0 aliphatic rings. The SMILES string of the molecule is CC/C=C\C/C=C\C/C=C\C/C=C\C/C=C\C/C=C\CCCCCCCCCCCCCCCCCCC(=O)OC(COC(=O)CCCCCCCCCCCCCCCCCCCCCCCCCCCCCCCCCCCC)COP(=O)([O-])OCC[N+](C)(C)C. The number of likely N-dealkylation sites (N-methyl/N-ethyl adjacent to an activating group) is 1. The molecule has 0 saturated carbocycles. The number of carbonyl (C=O) groups excluding carboxylic acids is 2. The van der Waals surface area contributed by atoms with Crippen molar-refractivity contribution in [3.05, 3.63) is 72.9 Å². The van der Waals surface area contributed by atoms with Crippen LogP contribution in [-0.4, -0.2) is 70.0 Å². The van der Waals surface area contributed by atoms with Crippen LogP contribution in [0, 0.1) is 0 Å². The molecule has 0 fully saturated rings. The zero-order valence-corrected chi connectivity index (χ0v) is 63.1. The van der Waals surface area contributed by atoms with E-state index in [9.17, 15) is 19.0 Å². The highest BCUT2D eigenvalue weighted by molar-refractivity contribution is 7.45. The number of allylic oxidation sites excluding steroid dienone is 12. The Morgan fingerprint density at radius 2 is 0.613 bits per heavy atom. The molecule has 0 bridgehead atoms. The summed E-state index contributed by atoms with van der Waals surface area (Å²) in [6.07, 6.45) is 100. The number of rotatable bonds is 75. The first kappa shape index (κ1) is 90.5. The molecule has 544 valence electrons. The van der Waals surface area contributed by atoms with Crippen molar-refractivity contribution in [2.75, 3.05) is 47.5 Å². The molecule has 0 saturated heterocycles. The van der Waals surface area contributed by atoms with Gasteiger partial charge in [0.05, 0.1) is 27.7 Å². The topological polar surface area (TPSA) is 111 Å². The minimum atomic E-state index is -4.65. The Bertz CT molecular complexity index is 1800. The second kappa shape index (κ2) is 73.7. The zero-order valence-electron chi connectivity index (χ0n) is 62.2. The van der Waals surface area contributed by atoms with E-state index in [0.29, 0.717) is 17.4 Å². The Labute approximate surface area is 578 Å². The van der Waals surface area contributed by atoms with Crippen LogP contribution in [0.15, 0.2) is 72.9 Å². The van der Waals surface area contributed by atoms with Crippen LogP contribution in [0.4, 0.5) is 0 Å². The predicted molar refractivity (Wildman–Crippen MR) is 402 cm³/mol. The lowest BCUT2D eigenvalue weighted by Gasteiger charge is -2.28. The molecule has 9 nitrogen and oxygen atoms in total. The van der Waals surface area contributed by atoms with E-state index in [4.69, 9.17) is 18.5 Å². The second-order valence-corrected chi connectivity index (χ2v) is 29.8. The Hall–Kier alpha value is -2.55. The van der Waals surface area contributed by atoms with E-state index < -0.39 is 26.5 Å². The van der Waals surface area contributed by atoms with E-state index in [1.54, 1.807) is 0 Å². The predicted octanol–water partition coefficient (Wildman–Crippen LogP) is 26.0. The third kappa shape index (κ3) is 78.3. The smallest absolute Gasteiger partial charge is 0.306 e. The van der Waals surface area contributed by atoms with E-state index >= 15 is 0 Å². The average Bonchev–Trinajstić information content (AvgIpc) is 2.44. The number of carbonyl (C=O) groups is 2. The van der Waals surface area contributed by atoms with Gasteiger partial charge < -0.3 is 27.9 Å². The second-order valence-electron chi connectivity index (χ2n) is 28.4. The molecule has 0 rings (SSSR count). The molecule has 0 N–H and O–H groups in total. The molecule has 0 spiro atoms. The van der Waals surface area contributed by atoms with E-state index in [-0.39, 0.29) is 32.0 Å². The summed E-state index contributed by atoms with van der Waals surface area (Å²) in [6, 6.07) is 0. The molecule has 0 amide bonds. The quantitative estimate of drug-likeness (QED) is 0.0195. The van der Waals surface area contributed by atoms with Crippen molar-refractivity contribution in [2.45, 2.75) is 399 Å². The van der Waals surface area contributed by atoms with Crippen LogP contribution in [0.1, 0.15) is 393 Å². The fraction of sp³-hybridized carbons (Fsp3) is 0.831. The third-order valence-electron chi connectivity index (χ3n) is 18.0. The molecule has 0 heterocycles. The lowest BCUT2D eigenvalue weighted by atomic mass is 10.0. The van der Waals surface area contributed by atoms with Gasteiger partial charge in [0.1, 0.15) is 19.8 Å². The van der Waals surface area contributed by atoms with Crippen molar-refractivity contribution >= 4 is 19.8 Å². The molecular weight excluding hydrogens is 1170 g/mol. The van der Waals surface area contributed by atoms with Crippen LogP contribution in [-0.2, 0) is 32.7 Å². The van der Waals surface area contributed by atoms with Gasteiger partial charge in [0.15, 0.2) is 6.10 Å². The maximum atomic E-state index is 12.9. The number of hydrogen-bond acceptors (Lipinski definition) is 8. The average molecular weight is 1330 g/mol. The van der Waals surface area contributed by atoms with Gasteiger partial charge in [-0.15, -0.1) is 0 Å². The fourth-order valence-corrected chi connectivity index (χ4v) is 12.6. The molecule has 0 aliphatic carbocycles. The van der Waals surface area contributed by atoms with Crippen molar-refractivity contribution in [1.82, 2.24) is 0 Å². The van der Waals surface area contributed by atoms with Crippen LogP contribution < -0.4 is 4.89 Å². The summed E-state index contributed by atoms with van der Waals surface area (Å²) in [5.41, 5.74) is 0. The molecule has 0 radical (unpaired) electrons. The Kier molecular flexibility index (Phi) is 71.7. The van der Waals surface area contributed by atoms with Gasteiger partial charge in [0, 0.05) is 12.8 Å². The number of esters is 2. The minimum absolute atomic E-state index is 0.0298. The van der Waals surface area contributed by atoms with Crippen molar-refractivity contribution in [2.24, 2.45) is 0 Å². The Morgan fingerprint density at radius 3 is 0.914 bits per heavy atom. The number of hydrogen-bond donors (Lipinski definition) is 0. The van der Waals surface area contributed by atoms with Crippen LogP contribution in [0.2, 0.25) is 0 Å². The highest BCUT2D eigenvalue weighted by Crippen LogP contribution is 2.38. The monoisotopic (exact) mass is 1320 g/mol. The molecule has 0 aromatic carbocycles. The van der Waals surface area contributed by atoms with Gasteiger partial charge in [-0.1, -0.05) is 389 Å². The maximum absolute atomic E-state index is 12.9. The maximum Gasteiger partial charge on any atom is 0.306 e. The van der Waals surface area contributed by atoms with E-state index in [1.807, 2.05) is 21.1 Å². The van der Waals surface area contributed by atoms with Gasteiger partial charge in [-0.25, -0.2) is 0 Å². The van der Waals surface area contributed by atoms with Crippen molar-refractivity contribution in [3.8, 4) is 0 Å². The van der Waals surface area contributed by atoms with Crippen LogP contribution in [0.25, 0.3) is 0 Å². The van der Waals surface area contributed by atoms with Gasteiger partial charge in [-0.2, -0.15) is 0 Å². The number of phosphoric ester groups is 1. The van der Waals surface area contributed by atoms with Crippen LogP contribution >= 0.6 is 7.82 Å². The van der Waals surface area contributed by atoms with Gasteiger partial charge in [-0.3, -0.25) is 14.2 Å². The largest absolute Gasteiger partial charge is 0.756 e. The van der Waals surface area contributed by atoms with Gasteiger partial charge in [-0.05, 0) is 64.2 Å². The van der Waals surface area contributed by atoms with E-state index in [0.717, 1.165) is 77.0 Å². The summed E-state index contributed by atoms with van der Waals surface area (Å²) in [4.78, 5) is 38.2. The molecule has 0 aliphatic heterocycles. The van der Waals surface area contributed by atoms with Crippen LogP contribution in [0.5, 0.6) is 0 Å². The van der Waals surface area contributed by atoms with Gasteiger partial charge in [0.2, 0.25) is 0 Å². The lowest BCUT2D eigenvalue weighted by molar-refractivity contribution is -0.870. The molecule has 0 aromatic rings. The normalized spacial score (nSPS) is 13.4. The zero-order chi connectivity index (χ0) is 67.6. The summed E-state index contributed by atoms with van der Waals surface area (Å²) in [6.45, 7) is 4.19. The molecule has 0 aromatic heterocycles. The summed E-state index contributed by atoms with van der Waals surface area (Å²) < 4.78 is 34.4. The molecule has 2 atom stereocenters.